The summed E-state index contributed by atoms with van der Waals surface area (Å²) < 4.78 is 1.71. The molecule has 1 aliphatic heterocycles. The number of para-hydroxylation sites is 1. The van der Waals surface area contributed by atoms with Crippen LogP contribution >= 0.6 is 11.3 Å². The Labute approximate surface area is 192 Å². The van der Waals surface area contributed by atoms with Gasteiger partial charge in [-0.1, -0.05) is 43.5 Å². The number of hydrogen-bond donors (Lipinski definition) is 1. The molecule has 1 atom stereocenters. The monoisotopic (exact) mass is 448 g/mol. The second kappa shape index (κ2) is 8.20. The van der Waals surface area contributed by atoms with Crippen LogP contribution in [0, 0.1) is 6.92 Å². The molecular formula is C25H28N4O2S. The molecule has 3 heterocycles. The van der Waals surface area contributed by atoms with Gasteiger partial charge in [0.05, 0.1) is 11.4 Å². The van der Waals surface area contributed by atoms with Gasteiger partial charge in [0.1, 0.15) is 16.9 Å². The maximum atomic E-state index is 13.9. The lowest BCUT2D eigenvalue weighted by molar-refractivity contribution is -0.127. The topological polar surface area (TPSA) is 67.2 Å². The van der Waals surface area contributed by atoms with Crippen molar-refractivity contribution in [3.8, 4) is 10.6 Å². The van der Waals surface area contributed by atoms with Crippen molar-refractivity contribution in [1.82, 2.24) is 15.1 Å². The molecule has 1 aliphatic carbocycles. The second-order valence-electron chi connectivity index (χ2n) is 9.06. The van der Waals surface area contributed by atoms with Crippen molar-refractivity contribution in [2.45, 2.75) is 64.1 Å². The predicted octanol–water partition coefficient (Wildman–Crippen LogP) is 4.79. The maximum absolute atomic E-state index is 13.9. The third-order valence-electron chi connectivity index (χ3n) is 6.71. The molecule has 166 valence electrons. The van der Waals surface area contributed by atoms with Crippen LogP contribution in [-0.2, 0) is 11.3 Å². The average Bonchev–Trinajstić information content (AvgIpc) is 3.46. The van der Waals surface area contributed by atoms with E-state index >= 15 is 0 Å². The molecule has 2 aliphatic rings. The van der Waals surface area contributed by atoms with E-state index in [0.29, 0.717) is 12.2 Å². The van der Waals surface area contributed by atoms with E-state index in [4.69, 9.17) is 5.10 Å². The van der Waals surface area contributed by atoms with Crippen molar-refractivity contribution in [3.63, 3.8) is 0 Å². The number of nitrogens with zero attached hydrogens (tertiary/aromatic N) is 3. The van der Waals surface area contributed by atoms with Crippen LogP contribution in [0.1, 0.15) is 55.1 Å². The fourth-order valence-electron chi connectivity index (χ4n) is 4.91. The van der Waals surface area contributed by atoms with Gasteiger partial charge in [-0.25, -0.2) is 0 Å². The smallest absolute Gasteiger partial charge is 0.277 e. The highest BCUT2D eigenvalue weighted by atomic mass is 32.1. The van der Waals surface area contributed by atoms with Gasteiger partial charge >= 0.3 is 0 Å². The molecule has 2 aromatic heterocycles. The standard InChI is InChI=1S/C25H28N4O2S/c1-17-9-6-7-12-20(17)29-23(30)21-15-19(22-13-8-14-32-22)27-28(21)16-25(29,2)24(31)26-18-10-4-3-5-11-18/h6-9,12-15,18H,3-5,10-11,16H2,1-2H3,(H,26,31). The van der Waals surface area contributed by atoms with Gasteiger partial charge in [0, 0.05) is 11.7 Å². The number of aromatic nitrogens is 2. The van der Waals surface area contributed by atoms with E-state index in [1.54, 1.807) is 20.9 Å². The van der Waals surface area contributed by atoms with E-state index in [2.05, 4.69) is 5.32 Å². The lowest BCUT2D eigenvalue weighted by atomic mass is 9.90. The fourth-order valence-corrected chi connectivity index (χ4v) is 5.59. The number of aryl methyl sites for hydroxylation is 1. The number of carbonyl (C=O) groups excluding carboxylic acids is 2. The lowest BCUT2D eigenvalue weighted by Crippen LogP contribution is -2.65. The molecule has 0 bridgehead atoms. The van der Waals surface area contributed by atoms with Gasteiger partial charge in [-0.15, -0.1) is 11.3 Å². The Hall–Kier alpha value is -2.93. The zero-order chi connectivity index (χ0) is 22.3. The summed E-state index contributed by atoms with van der Waals surface area (Å²) in [5, 5.41) is 9.98. The van der Waals surface area contributed by atoms with Crippen LogP contribution in [0.5, 0.6) is 0 Å². The molecule has 1 N–H and O–H groups in total. The molecule has 5 rings (SSSR count). The van der Waals surface area contributed by atoms with Crippen LogP contribution in [-0.4, -0.2) is 33.2 Å². The SMILES string of the molecule is Cc1ccccc1N1C(=O)c2cc(-c3cccs3)nn2CC1(C)C(=O)NC1CCCCC1. The highest BCUT2D eigenvalue weighted by Gasteiger charge is 2.49. The predicted molar refractivity (Wildman–Crippen MR) is 127 cm³/mol. The van der Waals surface area contributed by atoms with E-state index in [0.717, 1.165) is 47.5 Å². The quantitative estimate of drug-likeness (QED) is 0.624. The molecule has 1 unspecified atom stereocenters. The molecule has 2 amide bonds. The summed E-state index contributed by atoms with van der Waals surface area (Å²) >= 11 is 1.59. The van der Waals surface area contributed by atoms with Crippen molar-refractivity contribution < 1.29 is 9.59 Å². The van der Waals surface area contributed by atoms with Crippen LogP contribution < -0.4 is 10.2 Å². The summed E-state index contributed by atoms with van der Waals surface area (Å²) in [5.74, 6) is -0.304. The van der Waals surface area contributed by atoms with E-state index in [-0.39, 0.29) is 17.9 Å². The lowest BCUT2D eigenvalue weighted by Gasteiger charge is -2.44. The molecule has 1 aromatic carbocycles. The van der Waals surface area contributed by atoms with Gasteiger partial charge in [0.2, 0.25) is 5.91 Å². The first-order valence-electron chi connectivity index (χ1n) is 11.3. The van der Waals surface area contributed by atoms with Crippen molar-refractivity contribution in [1.29, 1.82) is 0 Å². The number of rotatable bonds is 4. The van der Waals surface area contributed by atoms with Gasteiger partial charge in [-0.2, -0.15) is 5.10 Å². The zero-order valence-electron chi connectivity index (χ0n) is 18.5. The molecule has 7 heteroatoms. The molecule has 3 aromatic rings. The number of benzene rings is 1. The van der Waals surface area contributed by atoms with E-state index in [1.807, 2.05) is 61.7 Å². The van der Waals surface area contributed by atoms with E-state index in [9.17, 15) is 9.59 Å². The van der Waals surface area contributed by atoms with Crippen molar-refractivity contribution >= 4 is 28.8 Å². The number of anilines is 1. The number of thiophene rings is 1. The van der Waals surface area contributed by atoms with Gasteiger partial charge in [-0.3, -0.25) is 19.2 Å². The Bertz CT molecular complexity index is 1150. The minimum Gasteiger partial charge on any atom is -0.351 e. The number of fused-ring (bicyclic) bond motifs is 1. The molecule has 0 saturated heterocycles. The maximum Gasteiger partial charge on any atom is 0.277 e. The molecule has 1 fully saturated rings. The third kappa shape index (κ3) is 3.54. The van der Waals surface area contributed by atoms with Crippen LogP contribution in [0.3, 0.4) is 0 Å². The van der Waals surface area contributed by atoms with Crippen LogP contribution in [0.4, 0.5) is 5.69 Å². The van der Waals surface area contributed by atoms with Crippen LogP contribution in [0.25, 0.3) is 10.6 Å². The number of carbonyl (C=O) groups is 2. The molecule has 32 heavy (non-hydrogen) atoms. The van der Waals surface area contributed by atoms with Gasteiger partial charge in [0.15, 0.2) is 0 Å². The second-order valence-corrected chi connectivity index (χ2v) is 10.0. The van der Waals surface area contributed by atoms with Crippen molar-refractivity contribution in [2.24, 2.45) is 0 Å². The molecule has 0 spiro atoms. The van der Waals surface area contributed by atoms with Crippen molar-refractivity contribution in [3.05, 3.63) is 59.1 Å². The summed E-state index contributed by atoms with van der Waals surface area (Å²) in [5.41, 5.74) is 1.93. The minimum absolute atomic E-state index is 0.111. The number of nitrogens with one attached hydrogen (secondary N) is 1. The Morgan fingerprint density at radius 3 is 2.66 bits per heavy atom. The zero-order valence-corrected chi connectivity index (χ0v) is 19.3. The van der Waals surface area contributed by atoms with Gasteiger partial charge < -0.3 is 5.32 Å². The molecule has 1 saturated carbocycles. The Morgan fingerprint density at radius 2 is 1.94 bits per heavy atom. The Kier molecular flexibility index (Phi) is 5.37. The van der Waals surface area contributed by atoms with E-state index < -0.39 is 5.54 Å². The molecule has 0 radical (unpaired) electrons. The summed E-state index contributed by atoms with van der Waals surface area (Å²) in [7, 11) is 0. The largest absolute Gasteiger partial charge is 0.351 e. The van der Waals surface area contributed by atoms with E-state index in [1.165, 1.54) is 6.42 Å². The summed E-state index contributed by atoms with van der Waals surface area (Å²) in [4.78, 5) is 30.3. The van der Waals surface area contributed by atoms with Gasteiger partial charge in [0.25, 0.3) is 5.91 Å². The minimum atomic E-state index is -1.08. The number of amides is 2. The van der Waals surface area contributed by atoms with Crippen molar-refractivity contribution in [2.75, 3.05) is 4.90 Å². The average molecular weight is 449 g/mol. The first-order chi connectivity index (χ1) is 15.5. The first-order valence-corrected chi connectivity index (χ1v) is 12.2. The van der Waals surface area contributed by atoms with Crippen LogP contribution in [0.2, 0.25) is 0 Å². The first kappa shape index (κ1) is 20.9. The summed E-state index contributed by atoms with van der Waals surface area (Å²) in [6.45, 7) is 4.16. The van der Waals surface area contributed by atoms with Gasteiger partial charge in [-0.05, 0) is 55.8 Å². The molecule has 6 nitrogen and oxygen atoms in total. The Morgan fingerprint density at radius 1 is 1.16 bits per heavy atom. The third-order valence-corrected chi connectivity index (χ3v) is 7.61. The molecular weight excluding hydrogens is 420 g/mol. The summed E-state index contributed by atoms with van der Waals surface area (Å²) in [6.07, 6.45) is 5.48. The van der Waals surface area contributed by atoms with Crippen LogP contribution in [0.15, 0.2) is 47.8 Å². The fraction of sp³-hybridized carbons (Fsp3) is 0.400. The summed E-state index contributed by atoms with van der Waals surface area (Å²) in [6, 6.07) is 13.8. The highest BCUT2D eigenvalue weighted by molar-refractivity contribution is 7.13. The number of hydrogen-bond acceptors (Lipinski definition) is 4. The normalized spacial score (nSPS) is 21.4. The highest BCUT2D eigenvalue weighted by Crippen LogP contribution is 2.36. The Balaban J connectivity index is 1.57.